The zero-order valence-electron chi connectivity index (χ0n) is 14.7. The minimum atomic E-state index is 0.582. The van der Waals surface area contributed by atoms with Gasteiger partial charge in [-0.2, -0.15) is 0 Å². The Kier molecular flexibility index (Phi) is 11.3. The molecule has 0 spiro atoms. The van der Waals surface area contributed by atoms with Crippen LogP contribution >= 0.6 is 0 Å². The van der Waals surface area contributed by atoms with Crippen molar-refractivity contribution in [3.8, 4) is 0 Å². The van der Waals surface area contributed by atoms with E-state index in [9.17, 15) is 0 Å². The first kappa shape index (κ1) is 19.8. The van der Waals surface area contributed by atoms with E-state index in [1.54, 1.807) is 7.11 Å². The highest BCUT2D eigenvalue weighted by molar-refractivity contribution is 4.72. The van der Waals surface area contributed by atoms with Gasteiger partial charge in [-0.3, -0.25) is 9.80 Å². The molecule has 0 aromatic carbocycles. The van der Waals surface area contributed by atoms with Crippen molar-refractivity contribution in [2.24, 2.45) is 0 Å². The van der Waals surface area contributed by atoms with E-state index in [-0.39, 0.29) is 0 Å². The maximum Gasteiger partial charge on any atom is 0.0589 e. The van der Waals surface area contributed by atoms with Gasteiger partial charge < -0.3 is 14.5 Å². The Bertz CT molecular complexity index is 216. The molecule has 0 N–H and O–H groups in total. The molecule has 1 unspecified atom stereocenters. The average Bonchev–Trinajstić information content (AvgIpc) is 2.39. The maximum absolute atomic E-state index is 4.87. The second kappa shape index (κ2) is 11.5. The lowest BCUT2D eigenvalue weighted by Crippen LogP contribution is -2.52. The smallest absolute Gasteiger partial charge is 0.0589 e. The van der Waals surface area contributed by atoms with Crippen molar-refractivity contribution in [3.05, 3.63) is 0 Å². The molecule has 20 heavy (non-hydrogen) atoms. The summed E-state index contributed by atoms with van der Waals surface area (Å²) in [5.41, 5.74) is 0. The fourth-order valence-corrected chi connectivity index (χ4v) is 2.05. The molecule has 0 radical (unpaired) electrons. The molecule has 0 aromatic heterocycles. The van der Waals surface area contributed by atoms with Crippen molar-refractivity contribution in [3.63, 3.8) is 0 Å². The first-order chi connectivity index (χ1) is 9.38. The molecule has 5 heteroatoms. The molecule has 1 aliphatic rings. The molecule has 122 valence electrons. The lowest BCUT2D eigenvalue weighted by atomic mass is 10.3. The van der Waals surface area contributed by atoms with Gasteiger partial charge in [-0.25, -0.2) is 0 Å². The van der Waals surface area contributed by atoms with E-state index >= 15 is 0 Å². The Morgan fingerprint density at radius 3 is 2.00 bits per heavy atom. The number of hydrogen-bond acceptors (Lipinski definition) is 5. The second-order valence-electron chi connectivity index (χ2n) is 6.08. The highest BCUT2D eigenvalue weighted by Crippen LogP contribution is 2.05. The minimum Gasteiger partial charge on any atom is -0.385 e. The number of piperazine rings is 1. The molecule has 5 nitrogen and oxygen atoms in total. The molecule has 1 fully saturated rings. The van der Waals surface area contributed by atoms with Crippen LogP contribution < -0.4 is 0 Å². The normalized spacial score (nSPS) is 19.1. The Balaban J connectivity index is 0.000000396. The SMILES string of the molecule is CC(N(C)C)N1CCN(C)CC1.COCCCN(C)C. The Morgan fingerprint density at radius 1 is 1.05 bits per heavy atom. The van der Waals surface area contributed by atoms with Crippen molar-refractivity contribution >= 4 is 0 Å². The van der Waals surface area contributed by atoms with Crippen LogP contribution in [0.2, 0.25) is 0 Å². The summed E-state index contributed by atoms with van der Waals surface area (Å²) < 4.78 is 4.87. The summed E-state index contributed by atoms with van der Waals surface area (Å²) in [4.78, 5) is 9.34. The van der Waals surface area contributed by atoms with Gasteiger partial charge in [-0.1, -0.05) is 0 Å². The van der Waals surface area contributed by atoms with Gasteiger partial charge in [0.1, 0.15) is 0 Å². The summed E-state index contributed by atoms with van der Waals surface area (Å²) >= 11 is 0. The summed E-state index contributed by atoms with van der Waals surface area (Å²) in [5.74, 6) is 0. The summed E-state index contributed by atoms with van der Waals surface area (Å²) in [7, 11) is 12.3. The van der Waals surface area contributed by atoms with Gasteiger partial charge in [0.25, 0.3) is 0 Å². The van der Waals surface area contributed by atoms with Crippen molar-refractivity contribution in [1.82, 2.24) is 19.6 Å². The summed E-state index contributed by atoms with van der Waals surface area (Å²) in [6, 6.07) is 0. The summed E-state index contributed by atoms with van der Waals surface area (Å²) in [5, 5.41) is 0. The molecular weight excluding hydrogens is 252 g/mol. The van der Waals surface area contributed by atoms with Gasteiger partial charge in [0.15, 0.2) is 0 Å². The first-order valence-electron chi connectivity index (χ1n) is 7.61. The van der Waals surface area contributed by atoms with Crippen LogP contribution in [0, 0.1) is 0 Å². The number of likely N-dealkylation sites (N-methyl/N-ethyl adjacent to an activating group) is 1. The van der Waals surface area contributed by atoms with Crippen LogP contribution in [-0.4, -0.2) is 107 Å². The van der Waals surface area contributed by atoms with E-state index in [1.165, 1.54) is 26.2 Å². The Hall–Kier alpha value is -0.200. The quantitative estimate of drug-likeness (QED) is 0.670. The van der Waals surface area contributed by atoms with Gasteiger partial charge in [-0.05, 0) is 55.1 Å². The van der Waals surface area contributed by atoms with E-state index in [4.69, 9.17) is 4.74 Å². The molecule has 1 aliphatic heterocycles. The van der Waals surface area contributed by atoms with Crippen LogP contribution in [0.5, 0.6) is 0 Å². The minimum absolute atomic E-state index is 0.582. The van der Waals surface area contributed by atoms with Crippen molar-refractivity contribution in [2.45, 2.75) is 19.5 Å². The molecule has 1 saturated heterocycles. The third kappa shape index (κ3) is 9.66. The molecule has 1 atom stereocenters. The third-order valence-corrected chi connectivity index (χ3v) is 3.77. The molecule has 0 aromatic rings. The van der Waals surface area contributed by atoms with Crippen molar-refractivity contribution < 1.29 is 4.74 Å². The standard InChI is InChI=1S/C9H21N3.C6H15NO/c1-9(10(2)3)12-7-5-11(4)6-8-12;1-7(2)5-4-6-8-3/h9H,5-8H2,1-4H3;4-6H2,1-3H3. The first-order valence-corrected chi connectivity index (χ1v) is 7.61. The molecular formula is C15H36N4O. The van der Waals surface area contributed by atoms with E-state index in [0.717, 1.165) is 19.6 Å². The highest BCUT2D eigenvalue weighted by Gasteiger charge is 2.19. The van der Waals surface area contributed by atoms with Gasteiger partial charge in [0, 0.05) is 39.9 Å². The Morgan fingerprint density at radius 2 is 1.60 bits per heavy atom. The zero-order valence-corrected chi connectivity index (χ0v) is 14.7. The number of ether oxygens (including phenoxy) is 1. The van der Waals surface area contributed by atoms with Gasteiger partial charge >= 0.3 is 0 Å². The molecule has 1 heterocycles. The zero-order chi connectivity index (χ0) is 15.5. The monoisotopic (exact) mass is 288 g/mol. The largest absolute Gasteiger partial charge is 0.385 e. The fraction of sp³-hybridized carbons (Fsp3) is 1.00. The predicted octanol–water partition coefficient (Wildman–Crippen LogP) is 0.726. The summed E-state index contributed by atoms with van der Waals surface area (Å²) in [6.07, 6.45) is 1.71. The lowest BCUT2D eigenvalue weighted by molar-refractivity contribution is 0.0499. The van der Waals surface area contributed by atoms with E-state index < -0.39 is 0 Å². The van der Waals surface area contributed by atoms with E-state index in [2.05, 4.69) is 61.8 Å². The van der Waals surface area contributed by atoms with Crippen LogP contribution in [0.25, 0.3) is 0 Å². The third-order valence-electron chi connectivity index (χ3n) is 3.77. The van der Waals surface area contributed by atoms with Crippen LogP contribution in [0.15, 0.2) is 0 Å². The van der Waals surface area contributed by atoms with Gasteiger partial charge in [0.2, 0.25) is 0 Å². The topological polar surface area (TPSA) is 22.2 Å². The van der Waals surface area contributed by atoms with Crippen LogP contribution in [-0.2, 0) is 4.74 Å². The Labute approximate surface area is 126 Å². The number of nitrogens with zero attached hydrogens (tertiary/aromatic N) is 4. The average molecular weight is 288 g/mol. The number of methoxy groups -OCH3 is 1. The molecule has 1 rings (SSSR count). The van der Waals surface area contributed by atoms with Crippen LogP contribution in [0.4, 0.5) is 0 Å². The molecule has 0 saturated carbocycles. The lowest BCUT2D eigenvalue weighted by Gasteiger charge is -2.39. The second-order valence-corrected chi connectivity index (χ2v) is 6.08. The van der Waals surface area contributed by atoms with Crippen molar-refractivity contribution in [2.75, 3.05) is 81.7 Å². The van der Waals surface area contributed by atoms with E-state index in [0.29, 0.717) is 6.17 Å². The van der Waals surface area contributed by atoms with Gasteiger partial charge in [-0.15, -0.1) is 0 Å². The van der Waals surface area contributed by atoms with Gasteiger partial charge in [0.05, 0.1) is 6.17 Å². The van der Waals surface area contributed by atoms with Crippen molar-refractivity contribution in [1.29, 1.82) is 0 Å². The predicted molar refractivity (Wildman–Crippen MR) is 87.3 cm³/mol. The fourth-order valence-electron chi connectivity index (χ4n) is 2.05. The maximum atomic E-state index is 4.87. The molecule has 0 amide bonds. The van der Waals surface area contributed by atoms with Crippen LogP contribution in [0.3, 0.4) is 0 Å². The highest BCUT2D eigenvalue weighted by atomic mass is 16.5. The summed E-state index contributed by atoms with van der Waals surface area (Å²) in [6.45, 7) is 9.08. The van der Waals surface area contributed by atoms with Crippen LogP contribution in [0.1, 0.15) is 13.3 Å². The number of hydrogen-bond donors (Lipinski definition) is 0. The number of rotatable bonds is 6. The molecule has 0 aliphatic carbocycles. The van der Waals surface area contributed by atoms with E-state index in [1.807, 2.05) is 0 Å². The molecule has 0 bridgehead atoms.